The van der Waals surface area contributed by atoms with Crippen molar-refractivity contribution >= 4 is 23.2 Å². The molecule has 1 aliphatic rings. The number of carbonyl (C=O) groups is 2. The Hall–Kier alpha value is -2.41. The standard InChI is InChI=1S/C22H29N3O3S/c1-16(2)22-24-18(15-29-22)14-23-21(27)17-8-11-25(12-9-17)20(26)10-13-28-19-6-4-3-5-7-19/h3-7,15-17H,8-14H2,1-2H3,(H,23,27). The summed E-state index contributed by atoms with van der Waals surface area (Å²) in [6.45, 7) is 6.31. The van der Waals surface area contributed by atoms with E-state index in [-0.39, 0.29) is 17.7 Å². The number of piperidine rings is 1. The SMILES string of the molecule is CC(C)c1nc(CNC(=O)C2CCN(C(=O)CCOc3ccccc3)CC2)cs1. The second-order valence-electron chi connectivity index (χ2n) is 7.62. The molecule has 0 bridgehead atoms. The van der Waals surface area contributed by atoms with Crippen LogP contribution < -0.4 is 10.1 Å². The second-order valence-corrected chi connectivity index (χ2v) is 8.51. The van der Waals surface area contributed by atoms with E-state index in [1.807, 2.05) is 40.6 Å². The minimum absolute atomic E-state index is 0.0391. The number of rotatable bonds is 8. The fourth-order valence-electron chi connectivity index (χ4n) is 3.31. The molecular formula is C22H29N3O3S. The third kappa shape index (κ3) is 6.29. The maximum absolute atomic E-state index is 12.5. The van der Waals surface area contributed by atoms with Crippen LogP contribution in [-0.2, 0) is 16.1 Å². The van der Waals surface area contributed by atoms with E-state index in [1.54, 1.807) is 11.3 Å². The lowest BCUT2D eigenvalue weighted by atomic mass is 9.95. The molecule has 1 fully saturated rings. The average Bonchev–Trinajstić information content (AvgIpc) is 3.22. The topological polar surface area (TPSA) is 71.5 Å². The van der Waals surface area contributed by atoms with Gasteiger partial charge in [-0.2, -0.15) is 0 Å². The summed E-state index contributed by atoms with van der Waals surface area (Å²) >= 11 is 1.64. The average molecular weight is 416 g/mol. The van der Waals surface area contributed by atoms with E-state index >= 15 is 0 Å². The van der Waals surface area contributed by atoms with E-state index in [0.717, 1.165) is 16.5 Å². The van der Waals surface area contributed by atoms with E-state index in [2.05, 4.69) is 24.1 Å². The number of amides is 2. The lowest BCUT2D eigenvalue weighted by molar-refractivity contribution is -0.136. The Morgan fingerprint density at radius 3 is 2.62 bits per heavy atom. The molecule has 2 aromatic rings. The molecule has 0 saturated carbocycles. The van der Waals surface area contributed by atoms with Crippen LogP contribution in [0.15, 0.2) is 35.7 Å². The number of para-hydroxylation sites is 1. The molecule has 0 radical (unpaired) electrons. The third-order valence-corrected chi connectivity index (χ3v) is 6.25. The van der Waals surface area contributed by atoms with Crippen LogP contribution in [0, 0.1) is 5.92 Å². The van der Waals surface area contributed by atoms with Gasteiger partial charge >= 0.3 is 0 Å². The predicted molar refractivity (Wildman–Crippen MR) is 114 cm³/mol. The van der Waals surface area contributed by atoms with Crippen LogP contribution in [-0.4, -0.2) is 41.4 Å². The molecule has 2 heterocycles. The number of benzene rings is 1. The first-order valence-electron chi connectivity index (χ1n) is 10.2. The van der Waals surface area contributed by atoms with Gasteiger partial charge in [-0.25, -0.2) is 4.98 Å². The van der Waals surface area contributed by atoms with Gasteiger partial charge in [0.15, 0.2) is 0 Å². The molecular weight excluding hydrogens is 386 g/mol. The molecule has 29 heavy (non-hydrogen) atoms. The van der Waals surface area contributed by atoms with Gasteiger partial charge in [-0.1, -0.05) is 32.0 Å². The number of ether oxygens (including phenoxy) is 1. The van der Waals surface area contributed by atoms with Crippen LogP contribution in [0.1, 0.15) is 49.7 Å². The molecule has 3 rings (SSSR count). The minimum Gasteiger partial charge on any atom is -0.493 e. The van der Waals surface area contributed by atoms with E-state index < -0.39 is 0 Å². The third-order valence-electron chi connectivity index (χ3n) is 5.05. The smallest absolute Gasteiger partial charge is 0.225 e. The van der Waals surface area contributed by atoms with Crippen LogP contribution in [0.25, 0.3) is 0 Å². The zero-order chi connectivity index (χ0) is 20.6. The van der Waals surface area contributed by atoms with Crippen molar-refractivity contribution in [3.05, 3.63) is 46.4 Å². The summed E-state index contributed by atoms with van der Waals surface area (Å²) in [5, 5.41) is 6.10. The Morgan fingerprint density at radius 2 is 1.97 bits per heavy atom. The number of aromatic nitrogens is 1. The Morgan fingerprint density at radius 1 is 1.24 bits per heavy atom. The number of hydrogen-bond acceptors (Lipinski definition) is 5. The van der Waals surface area contributed by atoms with Gasteiger partial charge in [0.1, 0.15) is 5.75 Å². The largest absolute Gasteiger partial charge is 0.493 e. The van der Waals surface area contributed by atoms with Crippen molar-refractivity contribution in [2.45, 2.75) is 45.6 Å². The maximum Gasteiger partial charge on any atom is 0.225 e. The fourth-order valence-corrected chi connectivity index (χ4v) is 4.15. The molecule has 0 aliphatic carbocycles. The van der Waals surface area contributed by atoms with E-state index in [1.165, 1.54) is 0 Å². The summed E-state index contributed by atoms with van der Waals surface area (Å²) < 4.78 is 5.60. The summed E-state index contributed by atoms with van der Waals surface area (Å²) in [6.07, 6.45) is 1.75. The number of hydrogen-bond donors (Lipinski definition) is 1. The zero-order valence-corrected chi connectivity index (χ0v) is 17.9. The number of nitrogens with zero attached hydrogens (tertiary/aromatic N) is 2. The number of likely N-dealkylation sites (tertiary alicyclic amines) is 1. The Kier molecular flexibility index (Phi) is 7.63. The van der Waals surface area contributed by atoms with Crippen LogP contribution in [0.4, 0.5) is 0 Å². The summed E-state index contributed by atoms with van der Waals surface area (Å²) in [5.74, 6) is 1.29. The molecule has 1 aliphatic heterocycles. The van der Waals surface area contributed by atoms with Crippen molar-refractivity contribution in [2.24, 2.45) is 5.92 Å². The highest BCUT2D eigenvalue weighted by Gasteiger charge is 2.27. The van der Waals surface area contributed by atoms with Crippen molar-refractivity contribution in [2.75, 3.05) is 19.7 Å². The lowest BCUT2D eigenvalue weighted by Gasteiger charge is -2.31. The van der Waals surface area contributed by atoms with Gasteiger partial charge < -0.3 is 15.0 Å². The first kappa shape index (κ1) is 21.3. The summed E-state index contributed by atoms with van der Waals surface area (Å²) in [5.41, 5.74) is 0.915. The first-order valence-corrected chi connectivity index (χ1v) is 11.1. The minimum atomic E-state index is -0.0391. The predicted octanol–water partition coefficient (Wildman–Crippen LogP) is 3.59. The van der Waals surface area contributed by atoms with Crippen molar-refractivity contribution in [1.29, 1.82) is 0 Å². The molecule has 2 amide bonds. The van der Waals surface area contributed by atoms with Crippen molar-refractivity contribution < 1.29 is 14.3 Å². The number of nitrogens with one attached hydrogen (secondary N) is 1. The maximum atomic E-state index is 12.5. The fraction of sp³-hybridized carbons (Fsp3) is 0.500. The number of thiazole rings is 1. The molecule has 0 atom stereocenters. The molecule has 7 heteroatoms. The van der Waals surface area contributed by atoms with Gasteiger partial charge in [0.2, 0.25) is 11.8 Å². The zero-order valence-electron chi connectivity index (χ0n) is 17.1. The van der Waals surface area contributed by atoms with Crippen LogP contribution >= 0.6 is 11.3 Å². The summed E-state index contributed by atoms with van der Waals surface area (Å²) in [6, 6.07) is 9.50. The quantitative estimate of drug-likeness (QED) is 0.715. The van der Waals surface area contributed by atoms with Gasteiger partial charge in [-0.05, 0) is 25.0 Å². The molecule has 1 N–H and O–H groups in total. The van der Waals surface area contributed by atoms with Gasteiger partial charge in [-0.15, -0.1) is 11.3 Å². The highest BCUT2D eigenvalue weighted by atomic mass is 32.1. The van der Waals surface area contributed by atoms with Gasteiger partial charge in [0.05, 0.1) is 30.3 Å². The number of carbonyl (C=O) groups excluding carboxylic acids is 2. The van der Waals surface area contributed by atoms with E-state index in [4.69, 9.17) is 4.74 Å². The lowest BCUT2D eigenvalue weighted by Crippen LogP contribution is -2.43. The molecule has 1 aromatic heterocycles. The summed E-state index contributed by atoms with van der Waals surface area (Å²) in [7, 11) is 0. The van der Waals surface area contributed by atoms with Crippen molar-refractivity contribution in [1.82, 2.24) is 15.2 Å². The van der Waals surface area contributed by atoms with Gasteiger partial charge in [0, 0.05) is 30.3 Å². The van der Waals surface area contributed by atoms with Crippen molar-refractivity contribution in [3.63, 3.8) is 0 Å². The van der Waals surface area contributed by atoms with Crippen LogP contribution in [0.3, 0.4) is 0 Å². The first-order chi connectivity index (χ1) is 14.0. The highest BCUT2D eigenvalue weighted by Crippen LogP contribution is 2.20. The van der Waals surface area contributed by atoms with E-state index in [0.29, 0.717) is 51.4 Å². The Balaban J connectivity index is 1.35. The monoisotopic (exact) mass is 415 g/mol. The molecule has 156 valence electrons. The molecule has 0 spiro atoms. The van der Waals surface area contributed by atoms with Gasteiger partial charge in [0.25, 0.3) is 0 Å². The van der Waals surface area contributed by atoms with Crippen molar-refractivity contribution in [3.8, 4) is 5.75 Å². The van der Waals surface area contributed by atoms with Crippen LogP contribution in [0.2, 0.25) is 0 Å². The molecule has 0 unspecified atom stereocenters. The summed E-state index contributed by atoms with van der Waals surface area (Å²) in [4.78, 5) is 31.2. The van der Waals surface area contributed by atoms with Crippen LogP contribution in [0.5, 0.6) is 5.75 Å². The van der Waals surface area contributed by atoms with Gasteiger partial charge in [-0.3, -0.25) is 9.59 Å². The molecule has 6 nitrogen and oxygen atoms in total. The Labute approximate surface area is 176 Å². The normalized spacial score (nSPS) is 14.8. The Bertz CT molecular complexity index is 799. The molecule has 1 aromatic carbocycles. The van der Waals surface area contributed by atoms with E-state index in [9.17, 15) is 9.59 Å². The molecule has 1 saturated heterocycles. The highest BCUT2D eigenvalue weighted by molar-refractivity contribution is 7.09. The second kappa shape index (κ2) is 10.4.